The molecule has 1 amide bonds. The van der Waals surface area contributed by atoms with Crippen molar-refractivity contribution in [2.45, 2.75) is 49.5 Å². The normalized spacial score (nSPS) is 23.9. The average molecular weight is 338 g/mol. The molecule has 0 radical (unpaired) electrons. The molecule has 20 heavy (non-hydrogen) atoms. The van der Waals surface area contributed by atoms with E-state index in [2.05, 4.69) is 33.4 Å². The van der Waals surface area contributed by atoms with Gasteiger partial charge in [-0.05, 0) is 49.3 Å². The number of carbonyl (C=O) groups excluding carboxylic acids is 1. The molecule has 2 aliphatic rings. The second-order valence-electron chi connectivity index (χ2n) is 5.66. The highest BCUT2D eigenvalue weighted by Gasteiger charge is 2.21. The van der Waals surface area contributed by atoms with Crippen LogP contribution in [0, 0.1) is 0 Å². The van der Waals surface area contributed by atoms with Gasteiger partial charge >= 0.3 is 0 Å². The Labute approximate surface area is 128 Å². The third-order valence-corrected chi connectivity index (χ3v) is 5.01. The first-order valence-electron chi connectivity index (χ1n) is 7.41. The molecule has 3 rings (SSSR count). The summed E-state index contributed by atoms with van der Waals surface area (Å²) >= 11 is 3.79. The molecule has 0 bridgehead atoms. The van der Waals surface area contributed by atoms with Gasteiger partial charge in [0.15, 0.2) is 0 Å². The number of carbonyl (C=O) groups is 1. The first kappa shape index (κ1) is 14.1. The Kier molecular flexibility index (Phi) is 4.41. The standard InChI is InChI=1S/C16H20BrNO2/c17-14(10-13-4-2-8-20-13)11-6-7-15-12(9-11)3-1-5-16(19)18-15/h6-7,9,13-14H,1-5,8,10H2,(H,18,19). The van der Waals surface area contributed by atoms with Crippen LogP contribution >= 0.6 is 15.9 Å². The molecule has 2 aliphatic heterocycles. The van der Waals surface area contributed by atoms with E-state index in [0.29, 0.717) is 17.4 Å². The molecule has 0 spiro atoms. The number of hydrogen-bond acceptors (Lipinski definition) is 2. The number of amides is 1. The Bertz CT molecular complexity index is 497. The van der Waals surface area contributed by atoms with Gasteiger partial charge in [0.05, 0.1) is 6.10 Å². The lowest BCUT2D eigenvalue weighted by Gasteiger charge is -2.17. The fourth-order valence-corrected chi connectivity index (χ4v) is 3.69. The van der Waals surface area contributed by atoms with Gasteiger partial charge in [-0.1, -0.05) is 28.1 Å². The summed E-state index contributed by atoms with van der Waals surface area (Å²) in [6.07, 6.45) is 6.28. The Morgan fingerprint density at radius 3 is 3.05 bits per heavy atom. The maximum atomic E-state index is 11.6. The largest absolute Gasteiger partial charge is 0.378 e. The lowest BCUT2D eigenvalue weighted by molar-refractivity contribution is -0.116. The topological polar surface area (TPSA) is 38.3 Å². The Morgan fingerprint density at radius 1 is 1.35 bits per heavy atom. The monoisotopic (exact) mass is 337 g/mol. The van der Waals surface area contributed by atoms with Gasteiger partial charge in [0.25, 0.3) is 0 Å². The van der Waals surface area contributed by atoms with Crippen molar-refractivity contribution in [3.8, 4) is 0 Å². The number of aryl methyl sites for hydroxylation is 1. The fourth-order valence-electron chi connectivity index (χ4n) is 2.99. The van der Waals surface area contributed by atoms with E-state index in [1.54, 1.807) is 0 Å². The van der Waals surface area contributed by atoms with Gasteiger partial charge in [0, 0.05) is 23.5 Å². The first-order valence-corrected chi connectivity index (χ1v) is 8.32. The minimum atomic E-state index is 0.131. The summed E-state index contributed by atoms with van der Waals surface area (Å²) in [5.41, 5.74) is 3.52. The minimum absolute atomic E-state index is 0.131. The average Bonchev–Trinajstić information content (AvgIpc) is 2.85. The number of nitrogens with one attached hydrogen (secondary N) is 1. The third kappa shape index (κ3) is 3.23. The Hall–Kier alpha value is -0.870. The summed E-state index contributed by atoms with van der Waals surface area (Å²) in [5.74, 6) is 0.131. The van der Waals surface area contributed by atoms with Gasteiger partial charge in [-0.15, -0.1) is 0 Å². The van der Waals surface area contributed by atoms with Crippen LogP contribution in [0.25, 0.3) is 0 Å². The van der Waals surface area contributed by atoms with E-state index in [4.69, 9.17) is 4.74 Å². The van der Waals surface area contributed by atoms with Crippen molar-refractivity contribution in [3.63, 3.8) is 0 Å². The van der Waals surface area contributed by atoms with Crippen molar-refractivity contribution in [1.82, 2.24) is 0 Å². The molecular formula is C16H20BrNO2. The van der Waals surface area contributed by atoms with Gasteiger partial charge < -0.3 is 10.1 Å². The molecule has 2 unspecified atom stereocenters. The molecular weight excluding hydrogens is 318 g/mol. The summed E-state index contributed by atoms with van der Waals surface area (Å²) in [5, 5.41) is 2.98. The van der Waals surface area contributed by atoms with Crippen molar-refractivity contribution < 1.29 is 9.53 Å². The fraction of sp³-hybridized carbons (Fsp3) is 0.562. The van der Waals surface area contributed by atoms with Crippen molar-refractivity contribution in [2.75, 3.05) is 11.9 Å². The zero-order chi connectivity index (χ0) is 13.9. The van der Waals surface area contributed by atoms with Crippen LogP contribution < -0.4 is 5.32 Å². The summed E-state index contributed by atoms with van der Waals surface area (Å²) in [6, 6.07) is 6.38. The SMILES string of the molecule is O=C1CCCc2cc(C(Br)CC3CCCO3)ccc2N1. The first-order chi connectivity index (χ1) is 9.72. The second kappa shape index (κ2) is 6.27. The van der Waals surface area contributed by atoms with Crippen molar-refractivity contribution in [3.05, 3.63) is 29.3 Å². The van der Waals surface area contributed by atoms with Crippen LogP contribution in [0.15, 0.2) is 18.2 Å². The van der Waals surface area contributed by atoms with E-state index in [1.165, 1.54) is 24.0 Å². The van der Waals surface area contributed by atoms with Crippen LogP contribution in [0.1, 0.15) is 48.1 Å². The predicted octanol–water partition coefficient (Wildman–Crippen LogP) is 3.97. The number of ether oxygens (including phenoxy) is 1. The molecule has 1 saturated heterocycles. The highest BCUT2D eigenvalue weighted by atomic mass is 79.9. The van der Waals surface area contributed by atoms with Crippen LogP contribution in [0.3, 0.4) is 0 Å². The maximum Gasteiger partial charge on any atom is 0.224 e. The highest BCUT2D eigenvalue weighted by molar-refractivity contribution is 9.09. The molecule has 2 atom stereocenters. The van der Waals surface area contributed by atoms with E-state index in [-0.39, 0.29) is 5.91 Å². The van der Waals surface area contributed by atoms with Gasteiger partial charge in [-0.25, -0.2) is 0 Å². The molecule has 1 N–H and O–H groups in total. The van der Waals surface area contributed by atoms with E-state index in [9.17, 15) is 4.79 Å². The number of benzene rings is 1. The van der Waals surface area contributed by atoms with Gasteiger partial charge in [-0.3, -0.25) is 4.79 Å². The molecule has 2 heterocycles. The highest BCUT2D eigenvalue weighted by Crippen LogP contribution is 2.34. The summed E-state index contributed by atoms with van der Waals surface area (Å²) < 4.78 is 5.70. The number of anilines is 1. The number of alkyl halides is 1. The molecule has 108 valence electrons. The molecule has 1 aromatic rings. The third-order valence-electron chi connectivity index (χ3n) is 4.11. The Morgan fingerprint density at radius 2 is 2.25 bits per heavy atom. The zero-order valence-electron chi connectivity index (χ0n) is 11.5. The molecule has 1 fully saturated rings. The smallest absolute Gasteiger partial charge is 0.224 e. The van der Waals surface area contributed by atoms with Gasteiger partial charge in [0.2, 0.25) is 5.91 Å². The maximum absolute atomic E-state index is 11.6. The van der Waals surface area contributed by atoms with Crippen molar-refractivity contribution in [1.29, 1.82) is 0 Å². The van der Waals surface area contributed by atoms with Gasteiger partial charge in [0.1, 0.15) is 0 Å². The lowest BCUT2D eigenvalue weighted by atomic mass is 10.00. The zero-order valence-corrected chi connectivity index (χ0v) is 13.1. The van der Waals surface area contributed by atoms with Crippen LogP contribution in [-0.4, -0.2) is 18.6 Å². The van der Waals surface area contributed by atoms with Crippen LogP contribution in [0.4, 0.5) is 5.69 Å². The van der Waals surface area contributed by atoms with Gasteiger partial charge in [-0.2, -0.15) is 0 Å². The number of rotatable bonds is 3. The van der Waals surface area contributed by atoms with Crippen LogP contribution in [0.5, 0.6) is 0 Å². The van der Waals surface area contributed by atoms with E-state index in [0.717, 1.165) is 31.6 Å². The van der Waals surface area contributed by atoms with E-state index >= 15 is 0 Å². The van der Waals surface area contributed by atoms with E-state index < -0.39 is 0 Å². The molecule has 0 aromatic heterocycles. The number of fused-ring (bicyclic) bond motifs is 1. The summed E-state index contributed by atoms with van der Waals surface area (Å²) in [7, 11) is 0. The van der Waals surface area contributed by atoms with Crippen LogP contribution in [-0.2, 0) is 16.0 Å². The lowest BCUT2D eigenvalue weighted by Crippen LogP contribution is -2.10. The molecule has 3 nitrogen and oxygen atoms in total. The number of hydrogen-bond donors (Lipinski definition) is 1. The van der Waals surface area contributed by atoms with Crippen LogP contribution in [0.2, 0.25) is 0 Å². The molecule has 1 aromatic carbocycles. The van der Waals surface area contributed by atoms with Crippen molar-refractivity contribution >= 4 is 27.5 Å². The molecule has 0 saturated carbocycles. The second-order valence-corrected chi connectivity index (χ2v) is 6.76. The summed E-state index contributed by atoms with van der Waals surface area (Å²) in [4.78, 5) is 11.9. The summed E-state index contributed by atoms with van der Waals surface area (Å²) in [6.45, 7) is 0.903. The molecule has 0 aliphatic carbocycles. The van der Waals surface area contributed by atoms with Crippen molar-refractivity contribution in [2.24, 2.45) is 0 Å². The Balaban J connectivity index is 1.73. The number of halogens is 1. The van der Waals surface area contributed by atoms with E-state index in [1.807, 2.05) is 6.07 Å². The molecule has 4 heteroatoms. The predicted molar refractivity (Wildman–Crippen MR) is 83.3 cm³/mol. The quantitative estimate of drug-likeness (QED) is 0.847. The minimum Gasteiger partial charge on any atom is -0.378 e.